The van der Waals surface area contributed by atoms with Gasteiger partial charge in [0.05, 0.1) is 23.1 Å². The quantitative estimate of drug-likeness (QED) is 0.268. The van der Waals surface area contributed by atoms with Crippen LogP contribution >= 0.6 is 27.7 Å². The summed E-state index contributed by atoms with van der Waals surface area (Å²) < 4.78 is 57.1. The lowest BCUT2D eigenvalue weighted by Crippen LogP contribution is -2.47. The summed E-state index contributed by atoms with van der Waals surface area (Å²) in [5, 5.41) is 5.57. The Morgan fingerprint density at radius 3 is 2.59 bits per heavy atom. The van der Waals surface area contributed by atoms with Gasteiger partial charge in [0.15, 0.2) is 0 Å². The topological polar surface area (TPSA) is 67.4 Å². The normalized spacial score (nSPS) is 23.1. The summed E-state index contributed by atoms with van der Waals surface area (Å²) in [6.45, 7) is 0. The smallest absolute Gasteiger partial charge is 0.446 e. The summed E-state index contributed by atoms with van der Waals surface area (Å²) in [5.41, 5.74) is -4.09. The third-order valence-corrected chi connectivity index (χ3v) is 7.21. The third kappa shape index (κ3) is 5.25. The molecule has 2 aliphatic rings. The molecule has 2 N–H and O–H groups in total. The van der Waals surface area contributed by atoms with E-state index in [1.165, 1.54) is 37.4 Å². The van der Waals surface area contributed by atoms with E-state index in [0.29, 0.717) is 6.42 Å². The number of thioether (sulfide) groups is 1. The maximum absolute atomic E-state index is 13.8. The van der Waals surface area contributed by atoms with Crippen molar-refractivity contribution in [3.8, 4) is 5.75 Å². The van der Waals surface area contributed by atoms with Crippen molar-refractivity contribution < 1.29 is 31.9 Å². The number of alkyl halides is 3. The van der Waals surface area contributed by atoms with Crippen LogP contribution < -0.4 is 15.4 Å². The maximum Gasteiger partial charge on any atom is 0.446 e. The molecule has 0 spiro atoms. The third-order valence-electron chi connectivity index (χ3n) is 5.88. The molecule has 11 heteroatoms. The van der Waals surface area contributed by atoms with Crippen LogP contribution in [-0.2, 0) is 4.79 Å². The predicted octanol–water partition coefficient (Wildman–Crippen LogP) is 5.77. The number of anilines is 1. The number of nitrogens with one attached hydrogen (secondary N) is 2. The first-order chi connectivity index (χ1) is 16.1. The lowest BCUT2D eigenvalue weighted by molar-refractivity contribution is -0.121. The average molecular weight is 559 g/mol. The number of fused-ring (bicyclic) bond motifs is 2. The molecule has 2 amide bonds. The van der Waals surface area contributed by atoms with E-state index in [0.717, 1.165) is 6.07 Å². The second kappa shape index (κ2) is 9.61. The first-order valence-electron chi connectivity index (χ1n) is 10.2. The number of ether oxygens (including phenoxy) is 1. The zero-order chi connectivity index (χ0) is 24.6. The second-order valence-corrected chi connectivity index (χ2v) is 10.00. The van der Waals surface area contributed by atoms with E-state index in [2.05, 4.69) is 26.6 Å². The first-order valence-corrected chi connectivity index (χ1v) is 11.9. The van der Waals surface area contributed by atoms with Crippen LogP contribution in [0.2, 0.25) is 0 Å². The number of hydrogen-bond donors (Lipinski definition) is 2. The van der Waals surface area contributed by atoms with E-state index >= 15 is 0 Å². The van der Waals surface area contributed by atoms with Gasteiger partial charge in [0.1, 0.15) is 11.6 Å². The van der Waals surface area contributed by atoms with E-state index in [9.17, 15) is 27.2 Å². The summed E-state index contributed by atoms with van der Waals surface area (Å²) in [7, 11) is 1.32. The molecule has 0 aromatic heterocycles. The van der Waals surface area contributed by atoms with Crippen molar-refractivity contribution in [1.82, 2.24) is 5.32 Å². The number of halogens is 5. The monoisotopic (exact) mass is 558 g/mol. The molecule has 4 rings (SSSR count). The molecular weight excluding hydrogens is 540 g/mol. The fourth-order valence-corrected chi connectivity index (χ4v) is 5.42. The average Bonchev–Trinajstić information content (AvgIpc) is 3.36. The number of allylic oxidation sites excluding steroid dienone is 1. The van der Waals surface area contributed by atoms with Gasteiger partial charge in [-0.2, -0.15) is 13.2 Å². The Hall–Kier alpha value is -2.53. The molecule has 1 saturated carbocycles. The summed E-state index contributed by atoms with van der Waals surface area (Å²) >= 11 is 2.80. The van der Waals surface area contributed by atoms with Crippen molar-refractivity contribution in [3.63, 3.8) is 0 Å². The van der Waals surface area contributed by atoms with Crippen LogP contribution in [0.25, 0.3) is 0 Å². The van der Waals surface area contributed by atoms with Gasteiger partial charge >= 0.3 is 5.51 Å². The lowest BCUT2D eigenvalue weighted by atomic mass is 9.87. The van der Waals surface area contributed by atoms with E-state index < -0.39 is 35.1 Å². The Balaban J connectivity index is 1.52. The number of carbonyl (C=O) groups excluding carboxylic acids is 2. The highest BCUT2D eigenvalue weighted by atomic mass is 79.9. The lowest BCUT2D eigenvalue weighted by Gasteiger charge is -2.28. The maximum atomic E-state index is 13.8. The number of carbonyl (C=O) groups is 2. The number of amides is 2. The van der Waals surface area contributed by atoms with Crippen LogP contribution in [0, 0.1) is 23.6 Å². The van der Waals surface area contributed by atoms with Crippen LogP contribution in [0.3, 0.4) is 0 Å². The minimum atomic E-state index is -4.44. The highest BCUT2D eigenvalue weighted by Gasteiger charge is 2.49. The molecule has 2 aromatic rings. The number of hydrogen-bond acceptors (Lipinski definition) is 4. The van der Waals surface area contributed by atoms with Gasteiger partial charge in [0, 0.05) is 22.7 Å². The first kappa shape index (κ1) is 24.6. The Bertz CT molecular complexity index is 1160. The largest absolute Gasteiger partial charge is 0.496 e. The molecule has 0 heterocycles. The molecule has 180 valence electrons. The summed E-state index contributed by atoms with van der Waals surface area (Å²) in [5.74, 6) is -2.27. The van der Waals surface area contributed by atoms with Gasteiger partial charge in [-0.25, -0.2) is 4.39 Å². The second-order valence-electron chi connectivity index (χ2n) is 8.00. The predicted molar refractivity (Wildman–Crippen MR) is 123 cm³/mol. The van der Waals surface area contributed by atoms with Gasteiger partial charge in [-0.05, 0) is 70.2 Å². The van der Waals surface area contributed by atoms with Crippen LogP contribution in [0.15, 0.2) is 57.9 Å². The van der Waals surface area contributed by atoms with Crippen molar-refractivity contribution in [2.75, 3.05) is 12.4 Å². The van der Waals surface area contributed by atoms with Crippen molar-refractivity contribution in [3.05, 3.63) is 64.4 Å². The van der Waals surface area contributed by atoms with E-state index in [1.54, 1.807) is 0 Å². The fraction of sp³-hybridized carbons (Fsp3) is 0.304. The summed E-state index contributed by atoms with van der Waals surface area (Å²) in [4.78, 5) is 26.1. The van der Waals surface area contributed by atoms with Gasteiger partial charge in [-0.1, -0.05) is 18.2 Å². The van der Waals surface area contributed by atoms with Gasteiger partial charge in [0.2, 0.25) is 5.91 Å². The molecule has 1 fully saturated rings. The molecule has 2 aliphatic carbocycles. The molecule has 34 heavy (non-hydrogen) atoms. The standard InChI is InChI=1S/C23H19BrF4N2O3S/c1-33-18-10-17(25)16(24)9-15(18)21(31)30-20-12-6-5-11(7-12)19(20)22(32)29-13-3-2-4-14(8-13)34-23(26,27)28/h2-6,8-12,19-20H,7H2,1H3,(H,29,32)(H,30,31). The minimum Gasteiger partial charge on any atom is -0.496 e. The Labute approximate surface area is 205 Å². The molecule has 0 saturated heterocycles. The summed E-state index contributed by atoms with van der Waals surface area (Å²) in [6, 6.07) is 7.38. The van der Waals surface area contributed by atoms with E-state index in [1.807, 2.05) is 12.2 Å². The van der Waals surface area contributed by atoms with Crippen molar-refractivity contribution in [1.29, 1.82) is 0 Å². The van der Waals surface area contributed by atoms with Crippen molar-refractivity contribution in [2.45, 2.75) is 22.9 Å². The molecule has 2 bridgehead atoms. The number of methoxy groups -OCH3 is 1. The van der Waals surface area contributed by atoms with Crippen LogP contribution in [-0.4, -0.2) is 30.5 Å². The highest BCUT2D eigenvalue weighted by molar-refractivity contribution is 9.10. The molecule has 4 atom stereocenters. The summed E-state index contributed by atoms with van der Waals surface area (Å²) in [6.07, 6.45) is 4.53. The SMILES string of the molecule is COc1cc(F)c(Br)cc1C(=O)NC1C2C=CC(C2)C1C(=O)Nc1cccc(SC(F)(F)F)c1. The van der Waals surface area contributed by atoms with Crippen LogP contribution in [0.4, 0.5) is 23.2 Å². The highest BCUT2D eigenvalue weighted by Crippen LogP contribution is 2.45. The zero-order valence-corrected chi connectivity index (χ0v) is 20.1. The molecular formula is C23H19BrF4N2O3S. The van der Waals surface area contributed by atoms with E-state index in [-0.39, 0.29) is 50.0 Å². The van der Waals surface area contributed by atoms with Crippen molar-refractivity contribution >= 4 is 45.2 Å². The Kier molecular flexibility index (Phi) is 6.95. The minimum absolute atomic E-state index is 0.0445. The Morgan fingerprint density at radius 2 is 1.88 bits per heavy atom. The van der Waals surface area contributed by atoms with Gasteiger partial charge in [-0.3, -0.25) is 9.59 Å². The van der Waals surface area contributed by atoms with Crippen molar-refractivity contribution in [2.24, 2.45) is 17.8 Å². The van der Waals surface area contributed by atoms with Crippen LogP contribution in [0.5, 0.6) is 5.75 Å². The molecule has 2 aromatic carbocycles. The van der Waals surface area contributed by atoms with Gasteiger partial charge < -0.3 is 15.4 Å². The zero-order valence-electron chi connectivity index (χ0n) is 17.7. The number of benzene rings is 2. The molecule has 0 aliphatic heterocycles. The fourth-order valence-electron chi connectivity index (χ4n) is 4.48. The molecule has 4 unspecified atom stereocenters. The molecule has 5 nitrogen and oxygen atoms in total. The Morgan fingerprint density at radius 1 is 1.15 bits per heavy atom. The van der Waals surface area contributed by atoms with Gasteiger partial charge in [-0.15, -0.1) is 0 Å². The number of rotatable bonds is 6. The van der Waals surface area contributed by atoms with Crippen LogP contribution in [0.1, 0.15) is 16.8 Å². The van der Waals surface area contributed by atoms with Gasteiger partial charge in [0.25, 0.3) is 5.91 Å². The molecule has 0 radical (unpaired) electrons. The van der Waals surface area contributed by atoms with E-state index in [4.69, 9.17) is 4.74 Å².